The number of aliphatic hydroxyl groups is 1. The van der Waals surface area contributed by atoms with E-state index in [0.717, 1.165) is 36.2 Å². The molecule has 1 amide bonds. The molecular formula is C13H18N2O2. The summed E-state index contributed by atoms with van der Waals surface area (Å²) < 4.78 is 0. The molecule has 1 aromatic rings. The van der Waals surface area contributed by atoms with Gasteiger partial charge in [0.05, 0.1) is 6.61 Å². The molecule has 0 aromatic heterocycles. The lowest BCUT2D eigenvalue weighted by molar-refractivity contribution is 0.0921. The molecule has 4 heteroatoms. The van der Waals surface area contributed by atoms with Gasteiger partial charge in [0.25, 0.3) is 5.91 Å². The fourth-order valence-corrected chi connectivity index (χ4v) is 2.07. The molecule has 0 fully saturated rings. The second-order valence-electron chi connectivity index (χ2n) is 4.42. The van der Waals surface area contributed by atoms with E-state index in [1.165, 1.54) is 0 Å². The number of rotatable bonds is 3. The van der Waals surface area contributed by atoms with Crippen LogP contribution < -0.4 is 10.6 Å². The van der Waals surface area contributed by atoms with E-state index in [9.17, 15) is 4.79 Å². The van der Waals surface area contributed by atoms with Crippen molar-refractivity contribution in [2.75, 3.05) is 18.5 Å². The van der Waals surface area contributed by atoms with Gasteiger partial charge in [0, 0.05) is 23.8 Å². The second kappa shape index (κ2) is 5.19. The molecule has 17 heavy (non-hydrogen) atoms. The Labute approximate surface area is 101 Å². The van der Waals surface area contributed by atoms with Gasteiger partial charge in [0.1, 0.15) is 0 Å². The van der Waals surface area contributed by atoms with Gasteiger partial charge < -0.3 is 15.7 Å². The Morgan fingerprint density at radius 3 is 3.18 bits per heavy atom. The molecule has 0 unspecified atom stereocenters. The lowest BCUT2D eigenvalue weighted by Gasteiger charge is -2.21. The van der Waals surface area contributed by atoms with E-state index in [0.29, 0.717) is 0 Å². The van der Waals surface area contributed by atoms with Gasteiger partial charge in [0.2, 0.25) is 0 Å². The summed E-state index contributed by atoms with van der Waals surface area (Å²) in [5.74, 6) is -0.105. The van der Waals surface area contributed by atoms with Crippen LogP contribution in [0.4, 0.5) is 5.69 Å². The van der Waals surface area contributed by atoms with Crippen LogP contribution in [0.15, 0.2) is 18.2 Å². The van der Waals surface area contributed by atoms with Crippen molar-refractivity contribution in [3.05, 3.63) is 29.3 Å². The maximum absolute atomic E-state index is 12.0. The summed E-state index contributed by atoms with van der Waals surface area (Å²) in [7, 11) is 0. The Morgan fingerprint density at radius 2 is 2.41 bits per heavy atom. The molecule has 1 aliphatic heterocycles. The molecule has 0 saturated heterocycles. The normalized spacial score (nSPS) is 15.6. The van der Waals surface area contributed by atoms with Crippen molar-refractivity contribution < 1.29 is 9.90 Å². The van der Waals surface area contributed by atoms with E-state index in [2.05, 4.69) is 10.6 Å². The maximum Gasteiger partial charge on any atom is 0.251 e. The van der Waals surface area contributed by atoms with E-state index in [4.69, 9.17) is 5.11 Å². The van der Waals surface area contributed by atoms with Crippen LogP contribution in [-0.2, 0) is 6.42 Å². The van der Waals surface area contributed by atoms with Crippen LogP contribution >= 0.6 is 0 Å². The highest BCUT2D eigenvalue weighted by molar-refractivity contribution is 5.97. The highest BCUT2D eigenvalue weighted by Gasteiger charge is 2.18. The molecule has 0 radical (unpaired) electrons. The fourth-order valence-electron chi connectivity index (χ4n) is 2.07. The molecule has 1 heterocycles. The third-order valence-corrected chi connectivity index (χ3v) is 2.99. The summed E-state index contributed by atoms with van der Waals surface area (Å²) in [6, 6.07) is 5.51. The van der Waals surface area contributed by atoms with Gasteiger partial charge in [-0.05, 0) is 37.5 Å². The molecule has 4 nitrogen and oxygen atoms in total. The van der Waals surface area contributed by atoms with Gasteiger partial charge in [-0.2, -0.15) is 0 Å². The summed E-state index contributed by atoms with van der Waals surface area (Å²) in [5.41, 5.74) is 2.86. The molecule has 0 aliphatic carbocycles. The average Bonchev–Trinajstić information content (AvgIpc) is 2.37. The number of amides is 1. The number of hydrogen-bond donors (Lipinski definition) is 3. The van der Waals surface area contributed by atoms with Crippen molar-refractivity contribution in [2.45, 2.75) is 25.8 Å². The molecule has 3 N–H and O–H groups in total. The number of carbonyl (C=O) groups is 1. The third-order valence-electron chi connectivity index (χ3n) is 2.99. The maximum atomic E-state index is 12.0. The summed E-state index contributed by atoms with van der Waals surface area (Å²) in [6.07, 6.45) is 1.98. The van der Waals surface area contributed by atoms with Crippen LogP contribution in [0.3, 0.4) is 0 Å². The van der Waals surface area contributed by atoms with Gasteiger partial charge in [-0.1, -0.05) is 6.07 Å². The monoisotopic (exact) mass is 234 g/mol. The van der Waals surface area contributed by atoms with Crippen molar-refractivity contribution in [3.63, 3.8) is 0 Å². The van der Waals surface area contributed by atoms with Crippen molar-refractivity contribution in [3.8, 4) is 0 Å². The van der Waals surface area contributed by atoms with E-state index in [-0.39, 0.29) is 18.6 Å². The molecule has 92 valence electrons. The van der Waals surface area contributed by atoms with Crippen molar-refractivity contribution >= 4 is 11.6 Å². The third kappa shape index (κ3) is 2.58. The zero-order valence-corrected chi connectivity index (χ0v) is 9.99. The van der Waals surface area contributed by atoms with Gasteiger partial charge in [-0.15, -0.1) is 0 Å². The van der Waals surface area contributed by atoms with Gasteiger partial charge in [0.15, 0.2) is 0 Å². The lowest BCUT2D eigenvalue weighted by atomic mass is 9.97. The predicted octanol–water partition coefficient (Wildman–Crippen LogP) is 1.16. The van der Waals surface area contributed by atoms with Gasteiger partial charge >= 0.3 is 0 Å². The summed E-state index contributed by atoms with van der Waals surface area (Å²) >= 11 is 0. The highest BCUT2D eigenvalue weighted by Crippen LogP contribution is 2.25. The van der Waals surface area contributed by atoms with Crippen molar-refractivity contribution in [1.82, 2.24) is 5.32 Å². The first kappa shape index (κ1) is 11.9. The fraction of sp³-hybridized carbons (Fsp3) is 0.462. The summed E-state index contributed by atoms with van der Waals surface area (Å²) in [6.45, 7) is 2.70. The molecule has 0 spiro atoms. The lowest BCUT2D eigenvalue weighted by Crippen LogP contribution is -2.35. The second-order valence-corrected chi connectivity index (χ2v) is 4.42. The predicted molar refractivity (Wildman–Crippen MR) is 67.3 cm³/mol. The Balaban J connectivity index is 2.23. The Hall–Kier alpha value is -1.55. The molecule has 0 saturated carbocycles. The summed E-state index contributed by atoms with van der Waals surface area (Å²) in [4.78, 5) is 12.0. The number of anilines is 1. The summed E-state index contributed by atoms with van der Waals surface area (Å²) in [5, 5.41) is 15.0. The van der Waals surface area contributed by atoms with Crippen LogP contribution in [0.25, 0.3) is 0 Å². The highest BCUT2D eigenvalue weighted by atomic mass is 16.3. The van der Waals surface area contributed by atoms with E-state index in [1.807, 2.05) is 18.2 Å². The zero-order valence-electron chi connectivity index (χ0n) is 9.99. The van der Waals surface area contributed by atoms with Crippen LogP contribution in [0.2, 0.25) is 0 Å². The number of hydrogen-bond acceptors (Lipinski definition) is 3. The van der Waals surface area contributed by atoms with Gasteiger partial charge in [-0.3, -0.25) is 4.79 Å². The first-order chi connectivity index (χ1) is 8.22. The number of aliphatic hydroxyl groups excluding tert-OH is 1. The standard InChI is InChI=1S/C13H18N2O2/c1-9(8-16)15-13(17)11-4-2-6-12-10(11)5-3-7-14-12/h2,4,6,9,14,16H,3,5,7-8H2,1H3,(H,15,17)/t9-/m0/s1. The Kier molecular flexibility index (Phi) is 3.64. The number of benzene rings is 1. The molecular weight excluding hydrogens is 216 g/mol. The average molecular weight is 234 g/mol. The topological polar surface area (TPSA) is 61.4 Å². The van der Waals surface area contributed by atoms with Crippen LogP contribution in [0, 0.1) is 0 Å². The SMILES string of the molecule is C[C@@H](CO)NC(=O)c1cccc2c1CCCN2. The Morgan fingerprint density at radius 1 is 1.59 bits per heavy atom. The number of carbonyl (C=O) groups excluding carboxylic acids is 1. The smallest absolute Gasteiger partial charge is 0.251 e. The minimum atomic E-state index is -0.213. The number of fused-ring (bicyclic) bond motifs is 1. The molecule has 0 bridgehead atoms. The zero-order chi connectivity index (χ0) is 12.3. The molecule has 2 rings (SSSR count). The molecule has 1 aromatic carbocycles. The van der Waals surface area contributed by atoms with Crippen LogP contribution in [0.5, 0.6) is 0 Å². The molecule has 1 atom stereocenters. The van der Waals surface area contributed by atoms with E-state index in [1.54, 1.807) is 6.92 Å². The van der Waals surface area contributed by atoms with Crippen molar-refractivity contribution in [1.29, 1.82) is 0 Å². The minimum absolute atomic E-state index is 0.0426. The van der Waals surface area contributed by atoms with Crippen LogP contribution in [0.1, 0.15) is 29.3 Å². The number of nitrogens with one attached hydrogen (secondary N) is 2. The molecule has 1 aliphatic rings. The van der Waals surface area contributed by atoms with E-state index >= 15 is 0 Å². The van der Waals surface area contributed by atoms with Crippen molar-refractivity contribution in [2.24, 2.45) is 0 Å². The van der Waals surface area contributed by atoms with E-state index < -0.39 is 0 Å². The quantitative estimate of drug-likeness (QED) is 0.735. The first-order valence-electron chi connectivity index (χ1n) is 6.00. The minimum Gasteiger partial charge on any atom is -0.394 e. The van der Waals surface area contributed by atoms with Gasteiger partial charge in [-0.25, -0.2) is 0 Å². The largest absolute Gasteiger partial charge is 0.394 e. The van der Waals surface area contributed by atoms with Crippen LogP contribution in [-0.4, -0.2) is 30.2 Å². The Bertz CT molecular complexity index is 418. The first-order valence-corrected chi connectivity index (χ1v) is 6.00.